The summed E-state index contributed by atoms with van der Waals surface area (Å²) in [5, 5.41) is 22.1. The van der Waals surface area contributed by atoms with Gasteiger partial charge < -0.3 is 5.32 Å². The predicted molar refractivity (Wildman–Crippen MR) is 83.5 cm³/mol. The van der Waals surface area contributed by atoms with Gasteiger partial charge >= 0.3 is 0 Å². The van der Waals surface area contributed by atoms with E-state index in [1.807, 2.05) is 0 Å². The molecule has 0 heterocycles. The third-order valence-corrected chi connectivity index (χ3v) is 3.89. The fraction of sp³-hybridized carbons (Fsp3) is 0.0667. The maximum atomic E-state index is 13.5. The highest BCUT2D eigenvalue weighted by atomic mass is 32.2. The van der Waals surface area contributed by atoms with Crippen molar-refractivity contribution in [2.45, 2.75) is 4.90 Å². The Kier molecular flexibility index (Phi) is 5.44. The quantitative estimate of drug-likeness (QED) is 0.506. The summed E-state index contributed by atoms with van der Waals surface area (Å²) in [6.45, 7) is 0. The molecule has 122 valence electrons. The molecule has 0 fully saturated rings. The first-order valence-corrected chi connectivity index (χ1v) is 7.45. The molecule has 0 unspecified atom stereocenters. The maximum absolute atomic E-state index is 13.5. The molecule has 2 aromatic rings. The lowest BCUT2D eigenvalue weighted by Gasteiger charge is -2.07. The molecule has 0 aliphatic heterocycles. The van der Waals surface area contributed by atoms with Crippen LogP contribution in [0, 0.1) is 33.1 Å². The number of rotatable bonds is 5. The molecule has 0 spiro atoms. The lowest BCUT2D eigenvalue weighted by molar-refractivity contribution is -0.384. The van der Waals surface area contributed by atoms with E-state index in [4.69, 9.17) is 5.26 Å². The fourth-order valence-electron chi connectivity index (χ4n) is 1.76. The van der Waals surface area contributed by atoms with E-state index < -0.39 is 22.5 Å². The Morgan fingerprint density at radius 2 is 2.04 bits per heavy atom. The third kappa shape index (κ3) is 4.27. The lowest BCUT2D eigenvalue weighted by Crippen LogP contribution is -2.15. The Labute approximate surface area is 139 Å². The summed E-state index contributed by atoms with van der Waals surface area (Å²) in [5.74, 6) is -2.06. The van der Waals surface area contributed by atoms with Crippen LogP contribution < -0.4 is 5.32 Å². The molecule has 2 aromatic carbocycles. The number of hydrogen-bond acceptors (Lipinski definition) is 5. The summed E-state index contributed by atoms with van der Waals surface area (Å²) in [5.41, 5.74) is -0.242. The number of benzene rings is 2. The number of anilines is 1. The highest BCUT2D eigenvalue weighted by molar-refractivity contribution is 8.00. The summed E-state index contributed by atoms with van der Waals surface area (Å²) in [6, 6.07) is 8.07. The van der Waals surface area contributed by atoms with Crippen molar-refractivity contribution in [3.05, 3.63) is 63.7 Å². The number of amides is 1. The molecule has 2 rings (SSSR count). The van der Waals surface area contributed by atoms with Crippen molar-refractivity contribution >= 4 is 29.0 Å². The molecule has 1 amide bonds. The van der Waals surface area contributed by atoms with Gasteiger partial charge in [0.1, 0.15) is 17.7 Å². The van der Waals surface area contributed by atoms with Gasteiger partial charge in [0, 0.05) is 17.0 Å². The van der Waals surface area contributed by atoms with Gasteiger partial charge in [-0.3, -0.25) is 14.9 Å². The summed E-state index contributed by atoms with van der Waals surface area (Å²) >= 11 is 0.792. The zero-order valence-corrected chi connectivity index (χ0v) is 12.8. The van der Waals surface area contributed by atoms with E-state index in [-0.39, 0.29) is 27.6 Å². The summed E-state index contributed by atoms with van der Waals surface area (Å²) in [4.78, 5) is 21.9. The number of halogens is 2. The van der Waals surface area contributed by atoms with Gasteiger partial charge in [0.15, 0.2) is 0 Å². The molecule has 9 heteroatoms. The second-order valence-corrected chi connectivity index (χ2v) is 5.53. The van der Waals surface area contributed by atoms with Crippen LogP contribution in [0.1, 0.15) is 5.56 Å². The van der Waals surface area contributed by atoms with Crippen molar-refractivity contribution in [2.24, 2.45) is 0 Å². The van der Waals surface area contributed by atoms with Gasteiger partial charge in [-0.25, -0.2) is 8.78 Å². The number of nitro groups is 1. The van der Waals surface area contributed by atoms with Gasteiger partial charge in [0.2, 0.25) is 5.91 Å². The number of nitriles is 1. The van der Waals surface area contributed by atoms with E-state index in [1.54, 1.807) is 6.07 Å². The Morgan fingerprint density at radius 1 is 1.29 bits per heavy atom. The highest BCUT2D eigenvalue weighted by Gasteiger charge is 2.13. The van der Waals surface area contributed by atoms with E-state index >= 15 is 0 Å². The van der Waals surface area contributed by atoms with Gasteiger partial charge in [-0.1, -0.05) is 0 Å². The first kappa shape index (κ1) is 17.4. The van der Waals surface area contributed by atoms with E-state index in [1.165, 1.54) is 6.07 Å². The molecule has 0 aliphatic rings. The van der Waals surface area contributed by atoms with Crippen LogP contribution in [0.2, 0.25) is 0 Å². The Morgan fingerprint density at radius 3 is 2.71 bits per heavy atom. The smallest absolute Gasteiger partial charge is 0.270 e. The van der Waals surface area contributed by atoms with Crippen LogP contribution in [0.25, 0.3) is 0 Å². The molecule has 24 heavy (non-hydrogen) atoms. The summed E-state index contributed by atoms with van der Waals surface area (Å²) < 4.78 is 26.5. The lowest BCUT2D eigenvalue weighted by atomic mass is 10.1. The van der Waals surface area contributed by atoms with E-state index in [0.29, 0.717) is 0 Å². The Hall–Kier alpha value is -2.99. The monoisotopic (exact) mass is 349 g/mol. The average molecular weight is 349 g/mol. The van der Waals surface area contributed by atoms with E-state index in [2.05, 4.69) is 5.32 Å². The van der Waals surface area contributed by atoms with Crippen LogP contribution in [-0.2, 0) is 4.79 Å². The molecule has 6 nitrogen and oxygen atoms in total. The van der Waals surface area contributed by atoms with Crippen molar-refractivity contribution in [3.63, 3.8) is 0 Å². The number of nitrogens with one attached hydrogen (secondary N) is 1. The molecule has 0 radical (unpaired) electrons. The van der Waals surface area contributed by atoms with E-state index in [9.17, 15) is 23.7 Å². The van der Waals surface area contributed by atoms with Gasteiger partial charge in [-0.15, -0.1) is 11.8 Å². The fourth-order valence-corrected chi connectivity index (χ4v) is 2.53. The van der Waals surface area contributed by atoms with Gasteiger partial charge in [0.25, 0.3) is 5.69 Å². The normalized spacial score (nSPS) is 10.0. The number of hydrogen-bond donors (Lipinski definition) is 1. The Balaban J connectivity index is 2.06. The number of carbonyl (C=O) groups is 1. The highest BCUT2D eigenvalue weighted by Crippen LogP contribution is 2.24. The van der Waals surface area contributed by atoms with Crippen LogP contribution in [0.15, 0.2) is 41.3 Å². The average Bonchev–Trinajstić information content (AvgIpc) is 2.55. The molecule has 0 saturated heterocycles. The van der Waals surface area contributed by atoms with Crippen LogP contribution in [0.4, 0.5) is 20.2 Å². The van der Waals surface area contributed by atoms with Crippen molar-refractivity contribution < 1.29 is 18.5 Å². The van der Waals surface area contributed by atoms with Crippen molar-refractivity contribution in [1.82, 2.24) is 0 Å². The van der Waals surface area contributed by atoms with Crippen LogP contribution in [0.5, 0.6) is 0 Å². The Bertz CT molecular complexity index is 852. The van der Waals surface area contributed by atoms with Crippen molar-refractivity contribution in [2.75, 3.05) is 11.1 Å². The minimum atomic E-state index is -0.658. The minimum absolute atomic E-state index is 0.0191. The summed E-state index contributed by atoms with van der Waals surface area (Å²) in [6.07, 6.45) is 0. The van der Waals surface area contributed by atoms with E-state index in [0.717, 1.165) is 42.1 Å². The molecule has 0 aromatic heterocycles. The number of carbonyl (C=O) groups excluding carboxylic acids is 1. The molecule has 0 aliphatic carbocycles. The topological polar surface area (TPSA) is 96.0 Å². The number of non-ortho nitro benzene ring substituents is 1. The standard InChI is InChI=1S/C15H9F2N3O3S/c16-10-1-3-12(17)14(6-10)24-8-15(21)19-13-4-2-11(20(22)23)5-9(13)7-18/h1-6H,8H2,(H,19,21). The largest absolute Gasteiger partial charge is 0.324 e. The molecule has 1 N–H and O–H groups in total. The molecule has 0 saturated carbocycles. The SMILES string of the molecule is N#Cc1cc([N+](=O)[O-])ccc1NC(=O)CSc1cc(F)ccc1F. The van der Waals surface area contributed by atoms with Crippen LogP contribution in [0.3, 0.4) is 0 Å². The van der Waals surface area contributed by atoms with Crippen molar-refractivity contribution in [1.29, 1.82) is 5.26 Å². The second-order valence-electron chi connectivity index (χ2n) is 4.51. The summed E-state index contributed by atoms with van der Waals surface area (Å²) in [7, 11) is 0. The van der Waals surface area contributed by atoms with Crippen molar-refractivity contribution in [3.8, 4) is 6.07 Å². The predicted octanol–water partition coefficient (Wildman–Crippen LogP) is 3.48. The number of nitrogens with zero attached hydrogens (tertiary/aromatic N) is 2. The maximum Gasteiger partial charge on any atom is 0.270 e. The molecule has 0 atom stereocenters. The minimum Gasteiger partial charge on any atom is -0.324 e. The molecular formula is C15H9F2N3O3S. The first-order valence-electron chi connectivity index (χ1n) is 6.47. The zero-order valence-electron chi connectivity index (χ0n) is 12.0. The second kappa shape index (κ2) is 7.52. The van der Waals surface area contributed by atoms with Gasteiger partial charge in [-0.2, -0.15) is 5.26 Å². The van der Waals surface area contributed by atoms with Crippen LogP contribution >= 0.6 is 11.8 Å². The first-order chi connectivity index (χ1) is 11.4. The van der Waals surface area contributed by atoms with Gasteiger partial charge in [0.05, 0.1) is 21.9 Å². The number of nitro benzene ring substituents is 1. The zero-order chi connectivity index (χ0) is 17.7. The van der Waals surface area contributed by atoms with Crippen LogP contribution in [-0.4, -0.2) is 16.6 Å². The number of thioether (sulfide) groups is 1. The molecule has 0 bridgehead atoms. The third-order valence-electron chi connectivity index (χ3n) is 2.86. The molecular weight excluding hydrogens is 340 g/mol. The van der Waals surface area contributed by atoms with Gasteiger partial charge in [-0.05, 0) is 24.3 Å².